The minimum atomic E-state index is -0.715. The van der Waals surface area contributed by atoms with Gasteiger partial charge in [-0.15, -0.1) is 0 Å². The first-order valence-electron chi connectivity index (χ1n) is 5.90. The Hall–Kier alpha value is -1.49. The molecule has 0 aromatic heterocycles. The fourth-order valence-electron chi connectivity index (χ4n) is 1.71. The first-order valence-corrected chi connectivity index (χ1v) is 5.90. The Morgan fingerprint density at radius 2 is 1.94 bits per heavy atom. The molecule has 0 heterocycles. The van der Waals surface area contributed by atoms with Crippen LogP contribution in [0.1, 0.15) is 37.8 Å². The van der Waals surface area contributed by atoms with Gasteiger partial charge in [-0.1, -0.05) is 6.07 Å². The lowest BCUT2D eigenvalue weighted by atomic mass is 10.1. The van der Waals surface area contributed by atoms with Crippen molar-refractivity contribution in [3.8, 4) is 0 Å². The second kappa shape index (κ2) is 7.06. The van der Waals surface area contributed by atoms with Crippen molar-refractivity contribution in [2.75, 3.05) is 6.61 Å². The lowest BCUT2D eigenvalue weighted by molar-refractivity contribution is -0.121. The molecule has 0 fully saturated rings. The van der Waals surface area contributed by atoms with Crippen LogP contribution >= 0.6 is 0 Å². The SMILES string of the molecule is CC(NC(=O)CCCCO)c1c(F)cccc1F. The zero-order chi connectivity index (χ0) is 13.5. The summed E-state index contributed by atoms with van der Waals surface area (Å²) < 4.78 is 26.9. The predicted molar refractivity (Wildman–Crippen MR) is 63.9 cm³/mol. The zero-order valence-electron chi connectivity index (χ0n) is 10.2. The lowest BCUT2D eigenvalue weighted by Crippen LogP contribution is -2.27. The molecular weight excluding hydrogens is 240 g/mol. The van der Waals surface area contributed by atoms with Crippen molar-refractivity contribution < 1.29 is 18.7 Å². The van der Waals surface area contributed by atoms with Crippen LogP contribution in [-0.4, -0.2) is 17.6 Å². The van der Waals surface area contributed by atoms with Crippen molar-refractivity contribution >= 4 is 5.91 Å². The maximum atomic E-state index is 13.4. The number of aliphatic hydroxyl groups excluding tert-OH is 1. The molecule has 0 saturated heterocycles. The van der Waals surface area contributed by atoms with Crippen LogP contribution in [0.15, 0.2) is 18.2 Å². The molecule has 1 rings (SSSR count). The normalized spacial score (nSPS) is 12.2. The molecule has 1 unspecified atom stereocenters. The topological polar surface area (TPSA) is 49.3 Å². The fourth-order valence-corrected chi connectivity index (χ4v) is 1.71. The van der Waals surface area contributed by atoms with Crippen molar-refractivity contribution in [2.24, 2.45) is 0 Å². The second-order valence-electron chi connectivity index (χ2n) is 4.11. The van der Waals surface area contributed by atoms with Crippen molar-refractivity contribution in [3.63, 3.8) is 0 Å². The van der Waals surface area contributed by atoms with Gasteiger partial charge in [0.2, 0.25) is 5.91 Å². The Bertz CT molecular complexity index is 390. The molecule has 3 nitrogen and oxygen atoms in total. The van der Waals surface area contributed by atoms with E-state index < -0.39 is 17.7 Å². The fraction of sp³-hybridized carbons (Fsp3) is 0.462. The number of aliphatic hydroxyl groups is 1. The number of nitrogens with one attached hydrogen (secondary N) is 1. The first kappa shape index (κ1) is 14.6. The average Bonchev–Trinajstić information content (AvgIpc) is 2.29. The summed E-state index contributed by atoms with van der Waals surface area (Å²) in [5.41, 5.74) is -0.131. The molecule has 0 bridgehead atoms. The third-order valence-electron chi connectivity index (χ3n) is 2.62. The van der Waals surface area contributed by atoms with Crippen LogP contribution in [0.2, 0.25) is 0 Å². The van der Waals surface area contributed by atoms with E-state index in [1.807, 2.05) is 0 Å². The van der Waals surface area contributed by atoms with E-state index in [1.165, 1.54) is 13.0 Å². The molecule has 2 N–H and O–H groups in total. The van der Waals surface area contributed by atoms with Gasteiger partial charge in [-0.05, 0) is 31.9 Å². The highest BCUT2D eigenvalue weighted by Gasteiger charge is 2.17. The summed E-state index contributed by atoms with van der Waals surface area (Å²) in [6, 6.07) is 2.89. The number of hydrogen-bond acceptors (Lipinski definition) is 2. The van der Waals surface area contributed by atoms with Crippen LogP contribution < -0.4 is 5.32 Å². The van der Waals surface area contributed by atoms with E-state index in [9.17, 15) is 13.6 Å². The Morgan fingerprint density at radius 3 is 2.50 bits per heavy atom. The molecule has 0 radical (unpaired) electrons. The van der Waals surface area contributed by atoms with Crippen molar-refractivity contribution in [1.82, 2.24) is 5.32 Å². The van der Waals surface area contributed by atoms with Crippen LogP contribution in [0.5, 0.6) is 0 Å². The molecule has 0 saturated carbocycles. The van der Waals surface area contributed by atoms with Gasteiger partial charge in [0.15, 0.2) is 0 Å². The van der Waals surface area contributed by atoms with E-state index in [4.69, 9.17) is 5.11 Å². The van der Waals surface area contributed by atoms with Gasteiger partial charge in [0, 0.05) is 18.6 Å². The molecule has 1 aromatic carbocycles. The van der Waals surface area contributed by atoms with Crippen LogP contribution in [0, 0.1) is 11.6 Å². The highest BCUT2D eigenvalue weighted by atomic mass is 19.1. The largest absolute Gasteiger partial charge is 0.396 e. The van der Waals surface area contributed by atoms with E-state index in [0.717, 1.165) is 12.1 Å². The molecule has 18 heavy (non-hydrogen) atoms. The molecular formula is C13H17F2NO2. The van der Waals surface area contributed by atoms with Gasteiger partial charge in [-0.2, -0.15) is 0 Å². The molecule has 1 aromatic rings. The highest BCUT2D eigenvalue weighted by molar-refractivity contribution is 5.76. The van der Waals surface area contributed by atoms with Gasteiger partial charge in [-0.3, -0.25) is 4.79 Å². The first-order chi connectivity index (χ1) is 8.56. The number of amides is 1. The molecule has 1 atom stereocenters. The number of halogens is 2. The second-order valence-corrected chi connectivity index (χ2v) is 4.11. The third kappa shape index (κ3) is 4.07. The van der Waals surface area contributed by atoms with E-state index in [0.29, 0.717) is 12.8 Å². The number of carbonyl (C=O) groups is 1. The molecule has 0 spiro atoms. The summed E-state index contributed by atoms with van der Waals surface area (Å²) >= 11 is 0. The van der Waals surface area contributed by atoms with Crippen LogP contribution in [0.3, 0.4) is 0 Å². The Balaban J connectivity index is 2.59. The monoisotopic (exact) mass is 257 g/mol. The number of unbranched alkanes of at least 4 members (excludes halogenated alkanes) is 1. The van der Waals surface area contributed by atoms with Crippen LogP contribution in [0.4, 0.5) is 8.78 Å². The standard InChI is InChI=1S/C13H17F2NO2/c1-9(16-12(18)7-2-3-8-17)13-10(14)5-4-6-11(13)15/h4-6,9,17H,2-3,7-8H2,1H3,(H,16,18). The van der Waals surface area contributed by atoms with Crippen molar-refractivity contribution in [3.05, 3.63) is 35.4 Å². The van der Waals surface area contributed by atoms with Gasteiger partial charge >= 0.3 is 0 Å². The molecule has 0 aliphatic carbocycles. The van der Waals surface area contributed by atoms with E-state index in [1.54, 1.807) is 0 Å². The summed E-state index contributed by atoms with van der Waals surface area (Å²) in [4.78, 5) is 11.5. The van der Waals surface area contributed by atoms with Crippen molar-refractivity contribution in [1.29, 1.82) is 0 Å². The minimum absolute atomic E-state index is 0.0325. The quantitative estimate of drug-likeness (QED) is 0.768. The lowest BCUT2D eigenvalue weighted by Gasteiger charge is -2.15. The zero-order valence-corrected chi connectivity index (χ0v) is 10.2. The number of benzene rings is 1. The summed E-state index contributed by atoms with van der Waals surface area (Å²) in [5.74, 6) is -1.62. The van der Waals surface area contributed by atoms with Gasteiger partial charge in [0.05, 0.1) is 6.04 Å². The Labute approximate surface area is 105 Å². The van der Waals surface area contributed by atoms with Gasteiger partial charge in [0.25, 0.3) is 0 Å². The third-order valence-corrected chi connectivity index (χ3v) is 2.62. The highest BCUT2D eigenvalue weighted by Crippen LogP contribution is 2.20. The van der Waals surface area contributed by atoms with Gasteiger partial charge in [-0.25, -0.2) is 8.78 Å². The molecule has 0 aliphatic rings. The van der Waals surface area contributed by atoms with Gasteiger partial charge < -0.3 is 10.4 Å². The van der Waals surface area contributed by atoms with E-state index in [2.05, 4.69) is 5.32 Å². The molecule has 1 amide bonds. The maximum absolute atomic E-state index is 13.4. The van der Waals surface area contributed by atoms with Crippen LogP contribution in [0.25, 0.3) is 0 Å². The maximum Gasteiger partial charge on any atom is 0.220 e. The molecule has 0 aliphatic heterocycles. The predicted octanol–water partition coefficient (Wildman–Crippen LogP) is 2.30. The van der Waals surface area contributed by atoms with Crippen molar-refractivity contribution in [2.45, 2.75) is 32.2 Å². The summed E-state index contributed by atoms with van der Waals surface area (Å²) in [5, 5.41) is 11.1. The smallest absolute Gasteiger partial charge is 0.220 e. The van der Waals surface area contributed by atoms with Crippen LogP contribution in [-0.2, 0) is 4.79 Å². The average molecular weight is 257 g/mol. The Morgan fingerprint density at radius 1 is 1.33 bits per heavy atom. The number of hydrogen-bond donors (Lipinski definition) is 2. The summed E-state index contributed by atoms with van der Waals surface area (Å²) in [6.07, 6.45) is 1.33. The number of carbonyl (C=O) groups excluding carboxylic acids is 1. The Kier molecular flexibility index (Phi) is 5.71. The molecule has 5 heteroatoms. The van der Waals surface area contributed by atoms with E-state index in [-0.39, 0.29) is 24.5 Å². The number of rotatable bonds is 6. The summed E-state index contributed by atoms with van der Waals surface area (Å²) in [6.45, 7) is 1.57. The molecule has 100 valence electrons. The van der Waals surface area contributed by atoms with E-state index >= 15 is 0 Å². The minimum Gasteiger partial charge on any atom is -0.396 e. The van der Waals surface area contributed by atoms with Gasteiger partial charge in [0.1, 0.15) is 11.6 Å². The summed E-state index contributed by atoms with van der Waals surface area (Å²) in [7, 11) is 0.